The van der Waals surface area contributed by atoms with Crippen LogP contribution in [0, 0.1) is 0 Å². The van der Waals surface area contributed by atoms with Gasteiger partial charge in [0.25, 0.3) is 0 Å². The molecule has 0 saturated carbocycles. The molecular weight excluding hydrogens is 324 g/mol. The van der Waals surface area contributed by atoms with Crippen molar-refractivity contribution < 1.29 is 9.53 Å². The minimum Gasteiger partial charge on any atom is -0.485 e. The van der Waals surface area contributed by atoms with Crippen molar-refractivity contribution in [1.29, 1.82) is 0 Å². The highest BCUT2D eigenvalue weighted by molar-refractivity contribution is 9.10. The fourth-order valence-corrected chi connectivity index (χ4v) is 2.45. The van der Waals surface area contributed by atoms with Crippen LogP contribution in [0.2, 0.25) is 4.34 Å². The summed E-state index contributed by atoms with van der Waals surface area (Å²) in [6.45, 7) is 0.0263. The molecule has 2 nitrogen and oxygen atoms in total. The van der Waals surface area contributed by atoms with Gasteiger partial charge in [0.2, 0.25) is 5.78 Å². The number of halogens is 2. The first-order valence-electron chi connectivity index (χ1n) is 4.82. The Morgan fingerprint density at radius 1 is 1.24 bits per heavy atom. The van der Waals surface area contributed by atoms with Gasteiger partial charge in [-0.15, -0.1) is 11.3 Å². The van der Waals surface area contributed by atoms with Crippen LogP contribution in [0.25, 0.3) is 0 Å². The lowest BCUT2D eigenvalue weighted by atomic mass is 10.3. The number of carbonyl (C=O) groups excluding carboxylic acids is 1. The molecule has 1 heterocycles. The van der Waals surface area contributed by atoms with E-state index in [0.29, 0.717) is 15.0 Å². The lowest BCUT2D eigenvalue weighted by Crippen LogP contribution is -2.09. The Balaban J connectivity index is 1.94. The second kappa shape index (κ2) is 5.67. The smallest absolute Gasteiger partial charge is 0.210 e. The van der Waals surface area contributed by atoms with E-state index in [9.17, 15) is 4.79 Å². The molecule has 1 aromatic heterocycles. The number of ether oxygens (including phenoxy) is 1. The quantitative estimate of drug-likeness (QED) is 0.775. The summed E-state index contributed by atoms with van der Waals surface area (Å²) in [6.07, 6.45) is 0. The maximum Gasteiger partial charge on any atom is 0.210 e. The first-order valence-corrected chi connectivity index (χ1v) is 6.81. The predicted octanol–water partition coefficient (Wildman–Crippen LogP) is 4.43. The van der Waals surface area contributed by atoms with E-state index in [0.717, 1.165) is 4.47 Å². The lowest BCUT2D eigenvalue weighted by Gasteiger charge is -2.04. The molecule has 0 aliphatic rings. The molecule has 0 aliphatic carbocycles. The molecule has 0 fully saturated rings. The highest BCUT2D eigenvalue weighted by Crippen LogP contribution is 2.22. The molecule has 0 N–H and O–H groups in total. The van der Waals surface area contributed by atoms with Gasteiger partial charge in [-0.2, -0.15) is 0 Å². The van der Waals surface area contributed by atoms with Gasteiger partial charge < -0.3 is 4.74 Å². The van der Waals surface area contributed by atoms with Gasteiger partial charge in [-0.1, -0.05) is 27.5 Å². The molecule has 1 aromatic carbocycles. The largest absolute Gasteiger partial charge is 0.485 e. The minimum absolute atomic E-state index is 0.0263. The van der Waals surface area contributed by atoms with E-state index in [1.807, 2.05) is 12.1 Å². The third-order valence-corrected chi connectivity index (χ3v) is 3.83. The zero-order valence-corrected chi connectivity index (χ0v) is 11.8. The summed E-state index contributed by atoms with van der Waals surface area (Å²) in [7, 11) is 0. The Bertz CT molecular complexity index is 522. The topological polar surface area (TPSA) is 26.3 Å². The first kappa shape index (κ1) is 12.6. The Hall–Kier alpha value is -0.840. The number of Topliss-reactive ketones (excluding diaryl/α,β-unsaturated/α-hetero) is 1. The SMILES string of the molecule is O=C(COc1ccc(Br)cc1)c1ccc(Cl)s1. The first-order chi connectivity index (χ1) is 8.15. The average Bonchev–Trinajstić information content (AvgIpc) is 2.75. The maximum atomic E-state index is 11.7. The van der Waals surface area contributed by atoms with E-state index in [2.05, 4.69) is 15.9 Å². The highest BCUT2D eigenvalue weighted by atomic mass is 79.9. The number of rotatable bonds is 4. The molecule has 2 rings (SSSR count). The zero-order chi connectivity index (χ0) is 12.3. The molecule has 0 radical (unpaired) electrons. The van der Waals surface area contributed by atoms with Crippen LogP contribution < -0.4 is 4.74 Å². The van der Waals surface area contributed by atoms with Crippen LogP contribution in [0.1, 0.15) is 9.67 Å². The van der Waals surface area contributed by atoms with Gasteiger partial charge in [-0.25, -0.2) is 0 Å². The second-order valence-corrected chi connectivity index (χ2v) is 5.90. The van der Waals surface area contributed by atoms with Crippen LogP contribution in [-0.2, 0) is 0 Å². The van der Waals surface area contributed by atoms with Gasteiger partial charge in [0.05, 0.1) is 9.21 Å². The third-order valence-electron chi connectivity index (χ3n) is 2.03. The Labute approximate surface area is 116 Å². The van der Waals surface area contributed by atoms with E-state index in [1.54, 1.807) is 24.3 Å². The Morgan fingerprint density at radius 2 is 1.94 bits per heavy atom. The van der Waals surface area contributed by atoms with E-state index >= 15 is 0 Å². The Kier molecular flexibility index (Phi) is 4.20. The van der Waals surface area contributed by atoms with Crippen molar-refractivity contribution in [2.75, 3.05) is 6.61 Å². The van der Waals surface area contributed by atoms with Gasteiger partial charge >= 0.3 is 0 Å². The van der Waals surface area contributed by atoms with Crippen molar-refractivity contribution in [2.24, 2.45) is 0 Å². The summed E-state index contributed by atoms with van der Waals surface area (Å²) in [4.78, 5) is 12.3. The van der Waals surface area contributed by atoms with Crippen molar-refractivity contribution in [3.63, 3.8) is 0 Å². The van der Waals surface area contributed by atoms with Gasteiger partial charge in [0.15, 0.2) is 6.61 Å². The molecule has 88 valence electrons. The molecule has 0 bridgehead atoms. The monoisotopic (exact) mass is 330 g/mol. The fourth-order valence-electron chi connectivity index (χ4n) is 1.21. The summed E-state index contributed by atoms with van der Waals surface area (Å²) in [5.74, 6) is 0.606. The van der Waals surface area contributed by atoms with Crippen molar-refractivity contribution in [2.45, 2.75) is 0 Å². The predicted molar refractivity (Wildman–Crippen MR) is 73.3 cm³/mol. The van der Waals surface area contributed by atoms with Gasteiger partial charge in [-0.3, -0.25) is 4.79 Å². The number of thiophene rings is 1. The van der Waals surface area contributed by atoms with E-state index in [-0.39, 0.29) is 12.4 Å². The third kappa shape index (κ3) is 3.56. The number of hydrogen-bond acceptors (Lipinski definition) is 3. The van der Waals surface area contributed by atoms with Crippen molar-refractivity contribution in [1.82, 2.24) is 0 Å². The van der Waals surface area contributed by atoms with Crippen LogP contribution in [0.4, 0.5) is 0 Å². The number of benzene rings is 1. The molecule has 0 atom stereocenters. The number of ketones is 1. The molecule has 0 aliphatic heterocycles. The average molecular weight is 332 g/mol. The summed E-state index contributed by atoms with van der Waals surface area (Å²) in [6, 6.07) is 10.8. The van der Waals surface area contributed by atoms with E-state index in [4.69, 9.17) is 16.3 Å². The van der Waals surface area contributed by atoms with Crippen molar-refractivity contribution in [3.8, 4) is 5.75 Å². The second-order valence-electron chi connectivity index (χ2n) is 3.27. The normalized spacial score (nSPS) is 10.2. The molecule has 2 aromatic rings. The number of carbonyl (C=O) groups is 1. The zero-order valence-electron chi connectivity index (χ0n) is 8.65. The van der Waals surface area contributed by atoms with E-state index < -0.39 is 0 Å². The molecule has 17 heavy (non-hydrogen) atoms. The molecule has 0 amide bonds. The maximum absolute atomic E-state index is 11.7. The minimum atomic E-state index is -0.0650. The van der Waals surface area contributed by atoms with E-state index in [1.165, 1.54) is 11.3 Å². The van der Waals surface area contributed by atoms with Gasteiger partial charge in [0, 0.05) is 4.47 Å². The summed E-state index contributed by atoms with van der Waals surface area (Å²) >= 11 is 10.4. The van der Waals surface area contributed by atoms with Crippen LogP contribution in [0.5, 0.6) is 5.75 Å². The van der Waals surface area contributed by atoms with Gasteiger partial charge in [0.1, 0.15) is 5.75 Å². The molecular formula is C12H8BrClO2S. The molecule has 0 unspecified atom stereocenters. The molecule has 0 spiro atoms. The summed E-state index contributed by atoms with van der Waals surface area (Å²) in [5.41, 5.74) is 0. The van der Waals surface area contributed by atoms with Crippen LogP contribution in [0.3, 0.4) is 0 Å². The standard InChI is InChI=1S/C12H8BrClO2S/c13-8-1-3-9(4-2-8)16-7-10(15)11-5-6-12(14)17-11/h1-6H,7H2. The summed E-state index contributed by atoms with van der Waals surface area (Å²) in [5, 5.41) is 0. The van der Waals surface area contributed by atoms with Crippen molar-refractivity contribution >= 4 is 44.7 Å². The number of hydrogen-bond donors (Lipinski definition) is 0. The Morgan fingerprint density at radius 3 is 2.53 bits per heavy atom. The molecule has 0 saturated heterocycles. The van der Waals surface area contributed by atoms with Crippen LogP contribution in [0.15, 0.2) is 40.9 Å². The van der Waals surface area contributed by atoms with Crippen molar-refractivity contribution in [3.05, 3.63) is 50.1 Å². The highest BCUT2D eigenvalue weighted by Gasteiger charge is 2.09. The van der Waals surface area contributed by atoms with Gasteiger partial charge in [-0.05, 0) is 36.4 Å². The molecule has 5 heteroatoms. The van der Waals surface area contributed by atoms with Crippen LogP contribution >= 0.6 is 38.9 Å². The fraction of sp³-hybridized carbons (Fsp3) is 0.0833. The summed E-state index contributed by atoms with van der Waals surface area (Å²) < 4.78 is 6.96. The van der Waals surface area contributed by atoms with Crippen LogP contribution in [-0.4, -0.2) is 12.4 Å². The lowest BCUT2D eigenvalue weighted by molar-refractivity contribution is 0.0925.